The number of pyridine rings is 1. The van der Waals surface area contributed by atoms with Gasteiger partial charge in [-0.3, -0.25) is 9.78 Å². The third-order valence-electron chi connectivity index (χ3n) is 2.34. The maximum atomic E-state index is 11.6. The van der Waals surface area contributed by atoms with Crippen molar-refractivity contribution in [3.05, 3.63) is 42.2 Å². The number of benzene rings is 1. The summed E-state index contributed by atoms with van der Waals surface area (Å²) in [5.41, 5.74) is 6.21. The molecule has 3 nitrogen and oxygen atoms in total. The minimum atomic E-state index is -0.454. The van der Waals surface area contributed by atoms with E-state index in [0.717, 1.165) is 10.8 Å². The summed E-state index contributed by atoms with van der Waals surface area (Å²) in [6, 6.07) is 6.95. The van der Waals surface area contributed by atoms with E-state index >= 15 is 0 Å². The lowest BCUT2D eigenvalue weighted by Crippen LogP contribution is -2.26. The van der Waals surface area contributed by atoms with Gasteiger partial charge in [0.05, 0.1) is 6.04 Å². The Balaban J connectivity index is 2.52. The summed E-state index contributed by atoms with van der Waals surface area (Å²) in [6.45, 7) is 1.69. The fraction of sp³-hybridized carbons (Fsp3) is 0.167. The molecule has 0 spiro atoms. The van der Waals surface area contributed by atoms with Gasteiger partial charge >= 0.3 is 0 Å². The van der Waals surface area contributed by atoms with Gasteiger partial charge in [0.1, 0.15) is 0 Å². The van der Waals surface area contributed by atoms with Crippen molar-refractivity contribution in [2.75, 3.05) is 0 Å². The number of ketones is 1. The van der Waals surface area contributed by atoms with Crippen molar-refractivity contribution in [1.29, 1.82) is 0 Å². The van der Waals surface area contributed by atoms with E-state index in [1.165, 1.54) is 0 Å². The average molecular weight is 200 g/mol. The largest absolute Gasteiger partial charge is 0.321 e. The predicted octanol–water partition coefficient (Wildman–Crippen LogP) is 1.76. The summed E-state index contributed by atoms with van der Waals surface area (Å²) in [5, 5.41) is 2.04. The minimum Gasteiger partial charge on any atom is -0.321 e. The van der Waals surface area contributed by atoms with Gasteiger partial charge in [-0.15, -0.1) is 0 Å². The van der Waals surface area contributed by atoms with Gasteiger partial charge in [-0.25, -0.2) is 0 Å². The number of rotatable bonds is 2. The van der Waals surface area contributed by atoms with Crippen LogP contribution in [0.4, 0.5) is 0 Å². The monoisotopic (exact) mass is 200 g/mol. The topological polar surface area (TPSA) is 56.0 Å². The normalized spacial score (nSPS) is 12.7. The number of nitrogens with zero attached hydrogens (tertiary/aromatic N) is 1. The molecule has 2 aromatic rings. The van der Waals surface area contributed by atoms with E-state index in [9.17, 15) is 4.79 Å². The molecule has 1 atom stereocenters. The Morgan fingerprint density at radius 1 is 1.33 bits per heavy atom. The van der Waals surface area contributed by atoms with Crippen LogP contribution < -0.4 is 5.73 Å². The van der Waals surface area contributed by atoms with E-state index in [0.29, 0.717) is 5.56 Å². The summed E-state index contributed by atoms with van der Waals surface area (Å²) in [5.74, 6) is -0.0336. The summed E-state index contributed by atoms with van der Waals surface area (Å²) in [4.78, 5) is 15.7. The molecule has 0 fully saturated rings. The lowest BCUT2D eigenvalue weighted by atomic mass is 10.0. The Morgan fingerprint density at radius 2 is 2.13 bits per heavy atom. The number of aromatic nitrogens is 1. The van der Waals surface area contributed by atoms with Gasteiger partial charge in [0.2, 0.25) is 0 Å². The lowest BCUT2D eigenvalue weighted by Gasteiger charge is -2.05. The highest BCUT2D eigenvalue weighted by atomic mass is 16.1. The molecule has 1 aromatic carbocycles. The number of fused-ring (bicyclic) bond motifs is 1. The molecule has 1 unspecified atom stereocenters. The van der Waals surface area contributed by atoms with E-state index < -0.39 is 6.04 Å². The Bertz CT molecular complexity index is 506. The third-order valence-corrected chi connectivity index (χ3v) is 2.34. The zero-order valence-electron chi connectivity index (χ0n) is 8.47. The SMILES string of the molecule is CC(N)C(=O)c1ccc2cnccc2c1. The van der Waals surface area contributed by atoms with E-state index in [1.54, 1.807) is 25.4 Å². The third kappa shape index (κ3) is 1.87. The van der Waals surface area contributed by atoms with Gasteiger partial charge in [0, 0.05) is 23.3 Å². The van der Waals surface area contributed by atoms with Crippen LogP contribution >= 0.6 is 0 Å². The Labute approximate surface area is 87.9 Å². The van der Waals surface area contributed by atoms with Crippen LogP contribution in [-0.4, -0.2) is 16.8 Å². The molecule has 0 radical (unpaired) electrons. The van der Waals surface area contributed by atoms with Crippen molar-refractivity contribution in [3.63, 3.8) is 0 Å². The van der Waals surface area contributed by atoms with Gasteiger partial charge in [-0.2, -0.15) is 0 Å². The first-order chi connectivity index (χ1) is 7.18. The Morgan fingerprint density at radius 3 is 2.87 bits per heavy atom. The molecule has 0 bridgehead atoms. The second-order valence-electron chi connectivity index (χ2n) is 3.59. The van der Waals surface area contributed by atoms with Gasteiger partial charge in [-0.1, -0.05) is 12.1 Å². The molecule has 0 aliphatic rings. The van der Waals surface area contributed by atoms with Crippen LogP contribution in [0.3, 0.4) is 0 Å². The molecule has 0 aliphatic heterocycles. The first-order valence-corrected chi connectivity index (χ1v) is 4.82. The highest BCUT2D eigenvalue weighted by molar-refractivity contribution is 6.02. The molecule has 2 rings (SSSR count). The van der Waals surface area contributed by atoms with Crippen LogP contribution in [0.2, 0.25) is 0 Å². The molecule has 0 amide bonds. The van der Waals surface area contributed by atoms with Crippen LogP contribution in [0, 0.1) is 0 Å². The first-order valence-electron chi connectivity index (χ1n) is 4.82. The van der Waals surface area contributed by atoms with E-state index in [2.05, 4.69) is 4.98 Å². The Kier molecular flexibility index (Phi) is 2.47. The standard InChI is InChI=1S/C12H12N2O/c1-8(13)12(15)10-2-3-11-7-14-5-4-9(11)6-10/h2-8H,13H2,1H3. The van der Waals surface area contributed by atoms with Crippen LogP contribution in [0.5, 0.6) is 0 Å². The van der Waals surface area contributed by atoms with E-state index in [1.807, 2.05) is 18.2 Å². The number of nitrogens with two attached hydrogens (primary N) is 1. The Hall–Kier alpha value is -1.74. The van der Waals surface area contributed by atoms with E-state index in [-0.39, 0.29) is 5.78 Å². The molecule has 0 saturated carbocycles. The van der Waals surface area contributed by atoms with Crippen LogP contribution in [0.15, 0.2) is 36.7 Å². The first kappa shape index (κ1) is 9.80. The zero-order valence-corrected chi connectivity index (χ0v) is 8.47. The molecule has 1 aromatic heterocycles. The second-order valence-corrected chi connectivity index (χ2v) is 3.59. The molecule has 0 saturated heterocycles. The molecule has 76 valence electrons. The van der Waals surface area contributed by atoms with Gasteiger partial charge in [0.25, 0.3) is 0 Å². The summed E-state index contributed by atoms with van der Waals surface area (Å²) < 4.78 is 0. The van der Waals surface area contributed by atoms with Crippen molar-refractivity contribution in [3.8, 4) is 0 Å². The fourth-order valence-corrected chi connectivity index (χ4v) is 1.50. The number of carbonyl (C=O) groups excluding carboxylic acids is 1. The summed E-state index contributed by atoms with van der Waals surface area (Å²) in [6.07, 6.45) is 3.48. The van der Waals surface area contributed by atoms with Crippen LogP contribution in [0.25, 0.3) is 10.8 Å². The molecular formula is C12H12N2O. The molecule has 3 heteroatoms. The lowest BCUT2D eigenvalue weighted by molar-refractivity contribution is 0.0968. The molecule has 1 heterocycles. The van der Waals surface area contributed by atoms with Crippen molar-refractivity contribution in [1.82, 2.24) is 4.98 Å². The second kappa shape index (κ2) is 3.79. The van der Waals surface area contributed by atoms with Crippen molar-refractivity contribution in [2.45, 2.75) is 13.0 Å². The van der Waals surface area contributed by atoms with E-state index in [4.69, 9.17) is 5.73 Å². The maximum absolute atomic E-state index is 11.6. The minimum absolute atomic E-state index is 0.0336. The van der Waals surface area contributed by atoms with Crippen LogP contribution in [-0.2, 0) is 0 Å². The highest BCUT2D eigenvalue weighted by Crippen LogP contribution is 2.15. The number of Topliss-reactive ketones (excluding diaryl/α,β-unsaturated/α-hetero) is 1. The summed E-state index contributed by atoms with van der Waals surface area (Å²) in [7, 11) is 0. The zero-order chi connectivity index (χ0) is 10.8. The van der Waals surface area contributed by atoms with Gasteiger partial charge in [-0.05, 0) is 24.4 Å². The molecule has 15 heavy (non-hydrogen) atoms. The van der Waals surface area contributed by atoms with Gasteiger partial charge < -0.3 is 5.73 Å². The van der Waals surface area contributed by atoms with Gasteiger partial charge in [0.15, 0.2) is 5.78 Å². The number of carbonyl (C=O) groups is 1. The smallest absolute Gasteiger partial charge is 0.179 e. The average Bonchev–Trinajstić information content (AvgIpc) is 2.27. The van der Waals surface area contributed by atoms with Crippen LogP contribution in [0.1, 0.15) is 17.3 Å². The molecule has 2 N–H and O–H groups in total. The van der Waals surface area contributed by atoms with Crippen molar-refractivity contribution in [2.24, 2.45) is 5.73 Å². The molecular weight excluding hydrogens is 188 g/mol. The summed E-state index contributed by atoms with van der Waals surface area (Å²) >= 11 is 0. The quantitative estimate of drug-likeness (QED) is 0.751. The molecule has 0 aliphatic carbocycles. The number of hydrogen-bond acceptors (Lipinski definition) is 3. The predicted molar refractivity (Wildman–Crippen MR) is 59.7 cm³/mol. The maximum Gasteiger partial charge on any atom is 0.179 e. The number of hydrogen-bond donors (Lipinski definition) is 1. The highest BCUT2D eigenvalue weighted by Gasteiger charge is 2.10. The van der Waals surface area contributed by atoms with Crippen molar-refractivity contribution < 1.29 is 4.79 Å². The fourth-order valence-electron chi connectivity index (χ4n) is 1.50. The van der Waals surface area contributed by atoms with Crippen molar-refractivity contribution >= 4 is 16.6 Å².